The van der Waals surface area contributed by atoms with E-state index in [1.807, 2.05) is 0 Å². The minimum Gasteiger partial charge on any atom is -0.378 e. The fourth-order valence-electron chi connectivity index (χ4n) is 3.09. The SMILES string of the molecule is Cc1ccc2c(c1)[C@H](NC(=O)C1(O)CCOC1)CCC2. The number of nitrogens with one attached hydrogen (secondary N) is 1. The van der Waals surface area contributed by atoms with Gasteiger partial charge in [-0.1, -0.05) is 23.8 Å². The van der Waals surface area contributed by atoms with Crippen molar-refractivity contribution in [3.63, 3.8) is 0 Å². The van der Waals surface area contributed by atoms with Crippen molar-refractivity contribution in [2.75, 3.05) is 13.2 Å². The second kappa shape index (κ2) is 5.19. The van der Waals surface area contributed by atoms with Gasteiger partial charge in [-0.3, -0.25) is 4.79 Å². The van der Waals surface area contributed by atoms with Crippen LogP contribution >= 0.6 is 0 Å². The molecule has 1 unspecified atom stereocenters. The van der Waals surface area contributed by atoms with Crippen LogP contribution < -0.4 is 5.32 Å². The third-order valence-electron chi connectivity index (χ3n) is 4.34. The molecule has 0 spiro atoms. The average Bonchev–Trinajstić information content (AvgIpc) is 2.88. The van der Waals surface area contributed by atoms with Crippen LogP contribution in [-0.2, 0) is 16.0 Å². The van der Waals surface area contributed by atoms with E-state index in [0.29, 0.717) is 13.0 Å². The number of ether oxygens (including phenoxy) is 1. The van der Waals surface area contributed by atoms with Crippen molar-refractivity contribution in [2.24, 2.45) is 0 Å². The normalized spacial score (nSPS) is 29.0. The summed E-state index contributed by atoms with van der Waals surface area (Å²) in [5, 5.41) is 13.3. The highest BCUT2D eigenvalue weighted by Crippen LogP contribution is 2.31. The lowest BCUT2D eigenvalue weighted by Crippen LogP contribution is -2.48. The van der Waals surface area contributed by atoms with Crippen molar-refractivity contribution in [3.05, 3.63) is 34.9 Å². The zero-order valence-electron chi connectivity index (χ0n) is 11.8. The quantitative estimate of drug-likeness (QED) is 0.862. The topological polar surface area (TPSA) is 58.6 Å². The van der Waals surface area contributed by atoms with Crippen LogP contribution in [-0.4, -0.2) is 29.8 Å². The molecule has 0 aromatic heterocycles. The van der Waals surface area contributed by atoms with E-state index in [-0.39, 0.29) is 18.6 Å². The van der Waals surface area contributed by atoms with Crippen LogP contribution in [0.3, 0.4) is 0 Å². The van der Waals surface area contributed by atoms with Crippen molar-refractivity contribution in [1.29, 1.82) is 0 Å². The lowest BCUT2D eigenvalue weighted by Gasteiger charge is -2.29. The maximum atomic E-state index is 12.3. The van der Waals surface area contributed by atoms with E-state index in [1.165, 1.54) is 16.7 Å². The van der Waals surface area contributed by atoms with Gasteiger partial charge in [0.2, 0.25) is 0 Å². The van der Waals surface area contributed by atoms with E-state index in [1.54, 1.807) is 0 Å². The molecule has 0 bridgehead atoms. The molecule has 4 heteroatoms. The lowest BCUT2D eigenvalue weighted by atomic mass is 9.86. The van der Waals surface area contributed by atoms with Gasteiger partial charge in [-0.2, -0.15) is 0 Å². The summed E-state index contributed by atoms with van der Waals surface area (Å²) in [7, 11) is 0. The number of fused-ring (bicyclic) bond motifs is 1. The standard InChI is InChI=1S/C16H21NO3/c1-11-5-6-12-3-2-4-14(13(12)9-11)17-15(18)16(19)7-8-20-10-16/h5-6,9,14,19H,2-4,7-8,10H2,1H3,(H,17,18)/t14-,16?/m1/s1. The molecule has 1 aliphatic heterocycles. The molecule has 1 aromatic rings. The molecule has 1 fully saturated rings. The Hall–Kier alpha value is -1.39. The van der Waals surface area contributed by atoms with Crippen LogP contribution in [0.25, 0.3) is 0 Å². The van der Waals surface area contributed by atoms with Gasteiger partial charge in [0.15, 0.2) is 5.60 Å². The Labute approximate surface area is 119 Å². The molecular weight excluding hydrogens is 254 g/mol. The first-order valence-corrected chi connectivity index (χ1v) is 7.29. The molecule has 1 heterocycles. The van der Waals surface area contributed by atoms with E-state index < -0.39 is 5.60 Å². The van der Waals surface area contributed by atoms with E-state index in [0.717, 1.165) is 19.3 Å². The summed E-state index contributed by atoms with van der Waals surface area (Å²) >= 11 is 0. The third-order valence-corrected chi connectivity index (χ3v) is 4.34. The van der Waals surface area contributed by atoms with Gasteiger partial charge in [0.05, 0.1) is 19.3 Å². The molecular formula is C16H21NO3. The van der Waals surface area contributed by atoms with Crippen molar-refractivity contribution in [1.82, 2.24) is 5.32 Å². The van der Waals surface area contributed by atoms with Crippen LogP contribution in [0.4, 0.5) is 0 Å². The predicted octanol–water partition coefficient (Wildman–Crippen LogP) is 1.64. The van der Waals surface area contributed by atoms with Crippen LogP contribution in [0.1, 0.15) is 42.0 Å². The van der Waals surface area contributed by atoms with Crippen molar-refractivity contribution >= 4 is 5.91 Å². The number of hydrogen-bond donors (Lipinski definition) is 2. The number of hydrogen-bond acceptors (Lipinski definition) is 3. The number of benzene rings is 1. The third kappa shape index (κ3) is 2.45. The molecule has 4 nitrogen and oxygen atoms in total. The van der Waals surface area contributed by atoms with Gasteiger partial charge in [0.25, 0.3) is 5.91 Å². The van der Waals surface area contributed by atoms with Gasteiger partial charge in [-0.25, -0.2) is 0 Å². The summed E-state index contributed by atoms with van der Waals surface area (Å²) in [5.41, 5.74) is 2.36. The Balaban J connectivity index is 1.79. The van der Waals surface area contributed by atoms with Gasteiger partial charge >= 0.3 is 0 Å². The highest BCUT2D eigenvalue weighted by Gasteiger charge is 2.41. The molecule has 1 saturated heterocycles. The van der Waals surface area contributed by atoms with Gasteiger partial charge < -0.3 is 15.2 Å². The van der Waals surface area contributed by atoms with E-state index >= 15 is 0 Å². The Morgan fingerprint density at radius 3 is 3.10 bits per heavy atom. The van der Waals surface area contributed by atoms with E-state index in [4.69, 9.17) is 4.74 Å². The maximum Gasteiger partial charge on any atom is 0.254 e. The molecule has 20 heavy (non-hydrogen) atoms. The fourth-order valence-corrected chi connectivity index (χ4v) is 3.09. The second-order valence-electron chi connectivity index (χ2n) is 5.95. The maximum absolute atomic E-state index is 12.3. The number of aryl methyl sites for hydroxylation is 2. The minimum atomic E-state index is -1.35. The summed E-state index contributed by atoms with van der Waals surface area (Å²) in [6.45, 7) is 2.61. The zero-order chi connectivity index (χ0) is 14.2. The highest BCUT2D eigenvalue weighted by atomic mass is 16.5. The van der Waals surface area contributed by atoms with Gasteiger partial charge in [-0.05, 0) is 37.3 Å². The average molecular weight is 275 g/mol. The number of aliphatic hydroxyl groups is 1. The smallest absolute Gasteiger partial charge is 0.254 e. The van der Waals surface area contributed by atoms with Crippen molar-refractivity contribution < 1.29 is 14.6 Å². The highest BCUT2D eigenvalue weighted by molar-refractivity contribution is 5.85. The molecule has 1 amide bonds. The van der Waals surface area contributed by atoms with Gasteiger partial charge in [0, 0.05) is 6.42 Å². The first-order valence-electron chi connectivity index (χ1n) is 7.29. The molecule has 2 aliphatic rings. The summed E-state index contributed by atoms with van der Waals surface area (Å²) in [6.07, 6.45) is 3.44. The molecule has 2 atom stereocenters. The summed E-state index contributed by atoms with van der Waals surface area (Å²) < 4.78 is 5.15. The molecule has 1 aliphatic carbocycles. The second-order valence-corrected chi connectivity index (χ2v) is 5.95. The molecule has 3 rings (SSSR count). The summed E-state index contributed by atoms with van der Waals surface area (Å²) in [6, 6.07) is 6.42. The number of rotatable bonds is 2. The Kier molecular flexibility index (Phi) is 3.52. The summed E-state index contributed by atoms with van der Waals surface area (Å²) in [5.74, 6) is -0.297. The van der Waals surface area contributed by atoms with Crippen LogP contribution in [0.15, 0.2) is 18.2 Å². The monoisotopic (exact) mass is 275 g/mol. The van der Waals surface area contributed by atoms with Crippen LogP contribution in [0.2, 0.25) is 0 Å². The Morgan fingerprint density at radius 2 is 2.35 bits per heavy atom. The summed E-state index contributed by atoms with van der Waals surface area (Å²) in [4.78, 5) is 12.3. The molecule has 2 N–H and O–H groups in total. The zero-order valence-corrected chi connectivity index (χ0v) is 11.8. The lowest BCUT2D eigenvalue weighted by molar-refractivity contribution is -0.140. The number of carbonyl (C=O) groups excluding carboxylic acids is 1. The predicted molar refractivity (Wildman–Crippen MR) is 75.4 cm³/mol. The van der Waals surface area contributed by atoms with Crippen LogP contribution in [0, 0.1) is 6.92 Å². The molecule has 1 aromatic carbocycles. The van der Waals surface area contributed by atoms with E-state index in [9.17, 15) is 9.90 Å². The number of amides is 1. The fraction of sp³-hybridized carbons (Fsp3) is 0.562. The first kappa shape index (κ1) is 13.6. The minimum absolute atomic E-state index is 0.00998. The molecule has 0 saturated carbocycles. The van der Waals surface area contributed by atoms with E-state index in [2.05, 4.69) is 30.4 Å². The van der Waals surface area contributed by atoms with Gasteiger partial charge in [-0.15, -0.1) is 0 Å². The van der Waals surface area contributed by atoms with Crippen molar-refractivity contribution in [2.45, 2.75) is 44.2 Å². The molecule has 108 valence electrons. The Morgan fingerprint density at radius 1 is 1.50 bits per heavy atom. The van der Waals surface area contributed by atoms with Crippen LogP contribution in [0.5, 0.6) is 0 Å². The van der Waals surface area contributed by atoms with Gasteiger partial charge in [0.1, 0.15) is 0 Å². The Bertz CT molecular complexity index is 520. The molecule has 0 radical (unpaired) electrons. The van der Waals surface area contributed by atoms with Crippen molar-refractivity contribution in [3.8, 4) is 0 Å². The number of carbonyl (C=O) groups is 1. The first-order chi connectivity index (χ1) is 9.58. The largest absolute Gasteiger partial charge is 0.378 e.